The summed E-state index contributed by atoms with van der Waals surface area (Å²) in [6.45, 7) is 3.31. The van der Waals surface area contributed by atoms with Gasteiger partial charge in [0.15, 0.2) is 0 Å². The number of likely N-dealkylation sites (tertiary alicyclic amines) is 1. The molecule has 2 saturated heterocycles. The van der Waals surface area contributed by atoms with Crippen molar-refractivity contribution in [2.24, 2.45) is 14.1 Å². The molecule has 0 saturated carbocycles. The van der Waals surface area contributed by atoms with Crippen molar-refractivity contribution >= 4 is 29.1 Å². The summed E-state index contributed by atoms with van der Waals surface area (Å²) >= 11 is 6.99. The predicted molar refractivity (Wildman–Crippen MR) is 179 cm³/mol. The van der Waals surface area contributed by atoms with Crippen molar-refractivity contribution in [2.45, 2.75) is 44.2 Å². The number of nitrogens with zero attached hydrogens (tertiary/aromatic N) is 4. The molecule has 2 N–H and O–H groups in total. The first-order valence-corrected chi connectivity index (χ1v) is 16.1. The number of aromatic nitrogens is 3. The van der Waals surface area contributed by atoms with Crippen molar-refractivity contribution in [3.8, 4) is 28.3 Å². The van der Waals surface area contributed by atoms with E-state index in [4.69, 9.17) is 21.3 Å². The fraction of sp³-hybridized carbons (Fsp3) is 0.343. The van der Waals surface area contributed by atoms with E-state index in [-0.39, 0.29) is 33.6 Å². The molecule has 2 aliphatic heterocycles. The minimum absolute atomic E-state index is 0.112. The maximum absolute atomic E-state index is 15.6. The highest BCUT2D eigenvalue weighted by Crippen LogP contribution is 2.48. The summed E-state index contributed by atoms with van der Waals surface area (Å²) in [6.07, 6.45) is 4.32. The zero-order chi connectivity index (χ0) is 34.1. The summed E-state index contributed by atoms with van der Waals surface area (Å²) in [5, 5.41) is 6.03. The van der Waals surface area contributed by atoms with E-state index in [1.165, 1.54) is 26.4 Å². The molecule has 3 aliphatic rings. The van der Waals surface area contributed by atoms with Crippen LogP contribution >= 0.6 is 11.6 Å². The van der Waals surface area contributed by atoms with Crippen molar-refractivity contribution < 1.29 is 18.7 Å². The van der Waals surface area contributed by atoms with E-state index in [1.54, 1.807) is 38.3 Å². The summed E-state index contributed by atoms with van der Waals surface area (Å²) in [5.41, 5.74) is 3.03. The minimum Gasteiger partial charge on any atom is -0.481 e. The molecular weight excluding hydrogens is 639 g/mol. The van der Waals surface area contributed by atoms with Crippen LogP contribution in [0.5, 0.6) is 5.88 Å². The molecule has 2 amide bonds. The molecule has 4 aromatic rings. The van der Waals surface area contributed by atoms with E-state index >= 15 is 4.39 Å². The Kier molecular flexibility index (Phi) is 7.75. The number of carbonyl (C=O) groups is 2. The fourth-order valence-electron chi connectivity index (χ4n) is 7.40. The van der Waals surface area contributed by atoms with Gasteiger partial charge in [0.05, 0.1) is 23.4 Å². The Balaban J connectivity index is 1.21. The Labute approximate surface area is 280 Å². The van der Waals surface area contributed by atoms with Crippen LogP contribution in [0.15, 0.2) is 52.2 Å². The second-order valence-corrected chi connectivity index (χ2v) is 13.3. The van der Waals surface area contributed by atoms with Crippen LogP contribution in [0.2, 0.25) is 5.02 Å². The van der Waals surface area contributed by atoms with Crippen LogP contribution in [0.4, 0.5) is 10.1 Å². The van der Waals surface area contributed by atoms with E-state index in [2.05, 4.69) is 15.5 Å². The van der Waals surface area contributed by atoms with Crippen molar-refractivity contribution in [1.29, 1.82) is 0 Å². The number of methoxy groups -OCH3 is 1. The van der Waals surface area contributed by atoms with Crippen LogP contribution in [0.1, 0.15) is 52.4 Å². The quantitative estimate of drug-likeness (QED) is 0.315. The summed E-state index contributed by atoms with van der Waals surface area (Å²) in [7, 11) is 4.33. The number of hydrogen-bond acceptors (Lipinski definition) is 7. The maximum Gasteiger partial charge on any atom is 0.330 e. The summed E-state index contributed by atoms with van der Waals surface area (Å²) in [4.78, 5) is 57.0. The number of carbonyl (C=O) groups excluding carboxylic acids is 2. The van der Waals surface area contributed by atoms with Gasteiger partial charge in [0.25, 0.3) is 11.5 Å². The van der Waals surface area contributed by atoms with E-state index in [1.807, 2.05) is 6.07 Å². The summed E-state index contributed by atoms with van der Waals surface area (Å²) < 4.78 is 23.4. The number of rotatable bonds is 6. The molecule has 11 nitrogen and oxygen atoms in total. The number of hydrogen-bond donors (Lipinski definition) is 2. The molecule has 2 aromatic carbocycles. The molecule has 7 rings (SSSR count). The lowest BCUT2D eigenvalue weighted by Gasteiger charge is -2.50. The predicted octanol–water partition coefficient (Wildman–Crippen LogP) is 4.13. The van der Waals surface area contributed by atoms with Crippen molar-refractivity contribution in [1.82, 2.24) is 24.3 Å². The maximum atomic E-state index is 15.6. The van der Waals surface area contributed by atoms with E-state index in [0.717, 1.165) is 52.6 Å². The molecule has 0 radical (unpaired) electrons. The van der Waals surface area contributed by atoms with Gasteiger partial charge in [0, 0.05) is 68.2 Å². The number of amides is 2. The highest BCUT2D eigenvalue weighted by Gasteiger charge is 2.51. The number of ether oxygens (including phenoxy) is 1. The smallest absolute Gasteiger partial charge is 0.330 e. The second-order valence-electron chi connectivity index (χ2n) is 12.9. The van der Waals surface area contributed by atoms with Gasteiger partial charge in [-0.05, 0) is 67.1 Å². The van der Waals surface area contributed by atoms with Gasteiger partial charge in [0.1, 0.15) is 11.4 Å². The highest BCUT2D eigenvalue weighted by molar-refractivity contribution is 6.36. The van der Waals surface area contributed by atoms with Gasteiger partial charge in [0.2, 0.25) is 11.8 Å². The lowest BCUT2D eigenvalue weighted by molar-refractivity contribution is -0.121. The summed E-state index contributed by atoms with van der Waals surface area (Å²) in [6, 6.07) is 10.1. The standard InChI is InChI=1S/C35H34ClFN6O5/c1-18-20(6-5-7-24(18)38-31(45)22-15-41(2)34(47)42(3)33(22)46)29-23(37)10-9-21(30(29)36)25-14-19-8-11-26(28(19)32(39-25)48-4)43-16-35(17-43)13-12-27(44)40-35/h5-7,9-10,14-15,26H,8,11-13,16-17H2,1-4H3,(H,38,45)(H,40,44)/t26-/m0/s1. The number of nitrogens with one attached hydrogen (secondary N) is 2. The van der Waals surface area contributed by atoms with Gasteiger partial charge in [-0.1, -0.05) is 23.7 Å². The van der Waals surface area contributed by atoms with Crippen LogP contribution in [-0.4, -0.2) is 56.6 Å². The first-order valence-electron chi connectivity index (χ1n) is 15.7. The Morgan fingerprint density at radius 1 is 1.12 bits per heavy atom. The first-order chi connectivity index (χ1) is 22.9. The molecular formula is C35H34ClFN6O5. The van der Waals surface area contributed by atoms with Gasteiger partial charge in [-0.15, -0.1) is 0 Å². The third kappa shape index (κ3) is 5.10. The van der Waals surface area contributed by atoms with Crippen LogP contribution in [-0.2, 0) is 25.3 Å². The molecule has 48 heavy (non-hydrogen) atoms. The van der Waals surface area contributed by atoms with Crippen molar-refractivity contribution in [2.75, 3.05) is 25.5 Å². The minimum atomic E-state index is -0.731. The zero-order valence-electron chi connectivity index (χ0n) is 26.9. The van der Waals surface area contributed by atoms with Crippen molar-refractivity contribution in [3.05, 3.63) is 96.5 Å². The Morgan fingerprint density at radius 2 is 1.90 bits per heavy atom. The highest BCUT2D eigenvalue weighted by atomic mass is 35.5. The van der Waals surface area contributed by atoms with Crippen LogP contribution < -0.4 is 26.6 Å². The van der Waals surface area contributed by atoms with E-state index in [9.17, 15) is 19.2 Å². The molecule has 2 aromatic heterocycles. The monoisotopic (exact) mass is 672 g/mol. The van der Waals surface area contributed by atoms with Gasteiger partial charge in [-0.3, -0.25) is 23.9 Å². The second kappa shape index (κ2) is 11.7. The molecule has 2 fully saturated rings. The van der Waals surface area contributed by atoms with E-state index < -0.39 is 23.0 Å². The molecule has 0 bridgehead atoms. The molecule has 1 atom stereocenters. The Morgan fingerprint density at radius 3 is 2.60 bits per heavy atom. The number of halogens is 2. The number of fused-ring (bicyclic) bond motifs is 1. The average Bonchev–Trinajstić information content (AvgIpc) is 3.66. The normalized spacial score (nSPS) is 18.0. The third-order valence-corrected chi connectivity index (χ3v) is 10.3. The van der Waals surface area contributed by atoms with Crippen molar-refractivity contribution in [3.63, 3.8) is 0 Å². The van der Waals surface area contributed by atoms with Gasteiger partial charge in [-0.25, -0.2) is 14.2 Å². The number of anilines is 1. The fourth-order valence-corrected chi connectivity index (χ4v) is 7.75. The van der Waals surface area contributed by atoms with Crippen LogP contribution in [0.25, 0.3) is 22.4 Å². The lowest BCUT2D eigenvalue weighted by Crippen LogP contribution is -2.67. The SMILES string of the molecule is COc1nc(-c2ccc(F)c(-c3cccc(NC(=O)c4cn(C)c(=O)n(C)c4=O)c3C)c2Cl)cc2c1[C@@H](N1CC3(CCC(=O)N3)C1)CC2. The van der Waals surface area contributed by atoms with Gasteiger partial charge >= 0.3 is 5.69 Å². The molecule has 1 spiro atoms. The Bertz CT molecular complexity index is 2150. The molecule has 248 valence electrons. The topological polar surface area (TPSA) is 128 Å². The first kappa shape index (κ1) is 31.8. The Hall–Kier alpha value is -4.81. The third-order valence-electron chi connectivity index (χ3n) is 9.92. The van der Waals surface area contributed by atoms with Crippen LogP contribution in [0, 0.1) is 12.7 Å². The number of pyridine rings is 1. The number of aryl methyl sites for hydroxylation is 2. The molecule has 0 unspecified atom stereocenters. The number of benzene rings is 2. The largest absolute Gasteiger partial charge is 0.481 e. The lowest BCUT2D eigenvalue weighted by atomic mass is 9.86. The van der Waals surface area contributed by atoms with Crippen LogP contribution in [0.3, 0.4) is 0 Å². The average molecular weight is 673 g/mol. The molecule has 4 heterocycles. The van der Waals surface area contributed by atoms with E-state index in [0.29, 0.717) is 40.4 Å². The zero-order valence-corrected chi connectivity index (χ0v) is 27.7. The van der Waals surface area contributed by atoms with Gasteiger partial charge in [-0.2, -0.15) is 0 Å². The molecule has 1 aliphatic carbocycles. The molecule has 13 heteroatoms. The summed E-state index contributed by atoms with van der Waals surface area (Å²) in [5.74, 6) is -0.656. The van der Waals surface area contributed by atoms with Gasteiger partial charge < -0.3 is 19.9 Å².